The van der Waals surface area contributed by atoms with Crippen molar-refractivity contribution in [2.75, 3.05) is 12.4 Å². The molecule has 9 heteroatoms. The molecule has 4 rings (SSSR count). The monoisotopic (exact) mass is 490 g/mol. The zero-order chi connectivity index (χ0) is 22.7. The summed E-state index contributed by atoms with van der Waals surface area (Å²) in [4.78, 5) is 12.7. The van der Waals surface area contributed by atoms with Crippen molar-refractivity contribution in [3.63, 3.8) is 0 Å². The molecular weight excluding hydrogens is 467 g/mol. The predicted molar refractivity (Wildman–Crippen MR) is 128 cm³/mol. The summed E-state index contributed by atoms with van der Waals surface area (Å²) in [6.45, 7) is 5.54. The van der Waals surface area contributed by atoms with Crippen molar-refractivity contribution in [3.05, 3.63) is 58.1 Å². The van der Waals surface area contributed by atoms with Crippen LogP contribution < -0.4 is 10.1 Å². The van der Waals surface area contributed by atoms with E-state index >= 15 is 0 Å². The summed E-state index contributed by atoms with van der Waals surface area (Å²) in [5.41, 5.74) is 1.78. The average molecular weight is 491 g/mol. The van der Waals surface area contributed by atoms with Crippen molar-refractivity contribution in [2.24, 2.45) is 5.92 Å². The Labute approximate surface area is 201 Å². The lowest BCUT2D eigenvalue weighted by Crippen LogP contribution is -2.33. The number of nitrogens with one attached hydrogen (secondary N) is 1. The molecule has 0 saturated heterocycles. The van der Waals surface area contributed by atoms with Crippen LogP contribution in [0.1, 0.15) is 31.9 Å². The highest BCUT2D eigenvalue weighted by atomic mass is 35.5. The number of carbonyl (C=O) groups excluding carboxylic acids is 1. The van der Waals surface area contributed by atoms with Crippen LogP contribution in [0.2, 0.25) is 10.0 Å². The van der Waals surface area contributed by atoms with Gasteiger partial charge in [0.1, 0.15) is 5.75 Å². The van der Waals surface area contributed by atoms with Crippen molar-refractivity contribution < 1.29 is 9.53 Å². The van der Waals surface area contributed by atoms with Gasteiger partial charge in [0.15, 0.2) is 11.0 Å². The first-order valence-electron chi connectivity index (χ1n) is 10.4. The van der Waals surface area contributed by atoms with Crippen molar-refractivity contribution in [3.8, 4) is 17.1 Å². The molecule has 168 valence electrons. The molecule has 0 fully saturated rings. The molecule has 1 aliphatic heterocycles. The van der Waals surface area contributed by atoms with Gasteiger partial charge in [-0.25, -0.2) is 0 Å². The number of rotatable bonds is 7. The van der Waals surface area contributed by atoms with Gasteiger partial charge in [-0.1, -0.05) is 67.0 Å². The maximum absolute atomic E-state index is 12.7. The van der Waals surface area contributed by atoms with Gasteiger partial charge in [0.2, 0.25) is 5.91 Å². The van der Waals surface area contributed by atoms with Crippen LogP contribution in [0.25, 0.3) is 11.4 Å². The molecule has 1 aliphatic rings. The Kier molecular flexibility index (Phi) is 7.28. The summed E-state index contributed by atoms with van der Waals surface area (Å²) in [5, 5.41) is 13.6. The summed E-state index contributed by atoms with van der Waals surface area (Å²) in [7, 11) is 0. The fourth-order valence-electron chi connectivity index (χ4n) is 3.65. The Morgan fingerprint density at radius 1 is 1.25 bits per heavy atom. The van der Waals surface area contributed by atoms with Crippen LogP contribution in [0.3, 0.4) is 0 Å². The summed E-state index contributed by atoms with van der Waals surface area (Å²) in [6.07, 6.45) is 0.746. The molecule has 0 radical (unpaired) electrons. The molecule has 1 aromatic heterocycles. The van der Waals surface area contributed by atoms with E-state index in [0.29, 0.717) is 40.1 Å². The molecule has 1 atom stereocenters. The number of aromatic nitrogens is 3. The largest absolute Gasteiger partial charge is 0.493 e. The number of para-hydroxylation sites is 1. The molecule has 1 unspecified atom stereocenters. The third kappa shape index (κ3) is 5.22. The molecule has 3 aromatic rings. The molecule has 1 N–H and O–H groups in total. The van der Waals surface area contributed by atoms with Crippen LogP contribution in [-0.4, -0.2) is 33.0 Å². The van der Waals surface area contributed by atoms with Gasteiger partial charge in [0, 0.05) is 29.1 Å². The first kappa shape index (κ1) is 23.0. The maximum Gasteiger partial charge on any atom is 0.230 e. The van der Waals surface area contributed by atoms with Crippen molar-refractivity contribution >= 4 is 40.9 Å². The minimum absolute atomic E-state index is 0.0509. The maximum atomic E-state index is 12.7. The molecule has 1 amide bonds. The Morgan fingerprint density at radius 2 is 2.06 bits per heavy atom. The fourth-order valence-corrected chi connectivity index (χ4v) is 4.91. The summed E-state index contributed by atoms with van der Waals surface area (Å²) in [5.74, 6) is 2.05. The van der Waals surface area contributed by atoms with Gasteiger partial charge in [-0.3, -0.25) is 4.79 Å². The van der Waals surface area contributed by atoms with E-state index in [9.17, 15) is 4.79 Å². The zero-order valence-corrected chi connectivity index (χ0v) is 20.2. The number of carbonyl (C=O) groups is 1. The normalized spacial score (nSPS) is 15.3. The Bertz CT molecular complexity index is 1120. The number of hydrogen-bond donors (Lipinski definition) is 1. The molecule has 0 aliphatic carbocycles. The van der Waals surface area contributed by atoms with Crippen LogP contribution in [0.5, 0.6) is 5.75 Å². The van der Waals surface area contributed by atoms with Crippen molar-refractivity contribution in [1.82, 2.24) is 20.1 Å². The predicted octanol–water partition coefficient (Wildman–Crippen LogP) is 5.64. The SMILES string of the molecule is CC(C)Cn1c(SCC(=O)NC2CCOc3ccccc32)nnc1-c1ccc(Cl)cc1Cl. The summed E-state index contributed by atoms with van der Waals surface area (Å²) >= 11 is 13.8. The summed E-state index contributed by atoms with van der Waals surface area (Å²) in [6, 6.07) is 13.1. The summed E-state index contributed by atoms with van der Waals surface area (Å²) < 4.78 is 7.70. The number of fused-ring (bicyclic) bond motifs is 1. The van der Waals surface area contributed by atoms with E-state index < -0.39 is 0 Å². The number of nitrogens with zero attached hydrogens (tertiary/aromatic N) is 3. The van der Waals surface area contributed by atoms with Crippen LogP contribution in [0.4, 0.5) is 0 Å². The van der Waals surface area contributed by atoms with Crippen LogP contribution in [-0.2, 0) is 11.3 Å². The Morgan fingerprint density at radius 3 is 2.84 bits per heavy atom. The van der Waals surface area contributed by atoms with E-state index in [0.717, 1.165) is 23.3 Å². The van der Waals surface area contributed by atoms with E-state index in [2.05, 4.69) is 29.4 Å². The van der Waals surface area contributed by atoms with Gasteiger partial charge < -0.3 is 14.6 Å². The second-order valence-electron chi connectivity index (χ2n) is 8.02. The second kappa shape index (κ2) is 10.1. The zero-order valence-electron chi connectivity index (χ0n) is 17.8. The second-order valence-corrected chi connectivity index (χ2v) is 9.80. The van der Waals surface area contributed by atoms with Gasteiger partial charge in [0.25, 0.3) is 0 Å². The first-order chi connectivity index (χ1) is 15.4. The van der Waals surface area contributed by atoms with Crippen molar-refractivity contribution in [2.45, 2.75) is 38.0 Å². The molecular formula is C23H24Cl2N4O2S. The lowest BCUT2D eigenvalue weighted by atomic mass is 10.0. The van der Waals surface area contributed by atoms with Crippen LogP contribution >= 0.6 is 35.0 Å². The molecule has 2 aromatic carbocycles. The van der Waals surface area contributed by atoms with Gasteiger partial charge in [-0.05, 0) is 30.2 Å². The van der Waals surface area contributed by atoms with Crippen LogP contribution in [0, 0.1) is 5.92 Å². The minimum Gasteiger partial charge on any atom is -0.493 e. The van der Waals surface area contributed by atoms with E-state index in [1.54, 1.807) is 12.1 Å². The number of amides is 1. The molecule has 32 heavy (non-hydrogen) atoms. The lowest BCUT2D eigenvalue weighted by Gasteiger charge is -2.26. The fraction of sp³-hybridized carbons (Fsp3) is 0.348. The quantitative estimate of drug-likeness (QED) is 0.434. The third-order valence-electron chi connectivity index (χ3n) is 5.06. The van der Waals surface area contributed by atoms with E-state index in [-0.39, 0.29) is 17.7 Å². The smallest absolute Gasteiger partial charge is 0.230 e. The Balaban J connectivity index is 1.48. The number of hydrogen-bond acceptors (Lipinski definition) is 5. The van der Waals surface area contributed by atoms with E-state index in [1.165, 1.54) is 11.8 Å². The standard InChI is InChI=1S/C23H24Cl2N4O2S/c1-14(2)12-29-22(16-8-7-15(24)11-18(16)25)27-28-23(29)32-13-21(30)26-19-9-10-31-20-6-4-3-5-17(19)20/h3-8,11,14,19H,9-10,12-13H2,1-2H3,(H,26,30). The highest BCUT2D eigenvalue weighted by Crippen LogP contribution is 2.33. The van der Waals surface area contributed by atoms with E-state index in [1.807, 2.05) is 34.9 Å². The first-order valence-corrected chi connectivity index (χ1v) is 12.2. The van der Waals surface area contributed by atoms with Gasteiger partial charge in [0.05, 0.1) is 23.4 Å². The molecule has 2 heterocycles. The highest BCUT2D eigenvalue weighted by Gasteiger charge is 2.23. The third-order valence-corrected chi connectivity index (χ3v) is 6.58. The van der Waals surface area contributed by atoms with Gasteiger partial charge >= 0.3 is 0 Å². The lowest BCUT2D eigenvalue weighted by molar-refractivity contribution is -0.119. The molecule has 0 spiro atoms. The molecule has 6 nitrogen and oxygen atoms in total. The van der Waals surface area contributed by atoms with Gasteiger partial charge in [-0.15, -0.1) is 10.2 Å². The molecule has 0 bridgehead atoms. The Hall–Kier alpha value is -2.22. The van der Waals surface area contributed by atoms with Gasteiger partial charge in [-0.2, -0.15) is 0 Å². The van der Waals surface area contributed by atoms with Crippen LogP contribution in [0.15, 0.2) is 47.6 Å². The number of thioether (sulfide) groups is 1. The topological polar surface area (TPSA) is 69.0 Å². The number of halogens is 2. The average Bonchev–Trinajstić information content (AvgIpc) is 3.14. The molecule has 0 saturated carbocycles. The van der Waals surface area contributed by atoms with Crippen molar-refractivity contribution in [1.29, 1.82) is 0 Å². The number of benzene rings is 2. The number of ether oxygens (including phenoxy) is 1. The van der Waals surface area contributed by atoms with E-state index in [4.69, 9.17) is 27.9 Å². The highest BCUT2D eigenvalue weighted by molar-refractivity contribution is 7.99. The minimum atomic E-state index is -0.0538.